The highest BCUT2D eigenvalue weighted by Gasteiger charge is 2.14. The molecule has 16 heavy (non-hydrogen) atoms. The topological polar surface area (TPSA) is 26.3 Å². The average Bonchev–Trinajstić information content (AvgIpc) is 2.31. The number of allylic oxidation sites excluding steroid dienone is 1. The van der Waals surface area contributed by atoms with E-state index in [1.54, 1.807) is 7.11 Å². The van der Waals surface area contributed by atoms with Crippen LogP contribution in [-0.2, 0) is 9.53 Å². The van der Waals surface area contributed by atoms with E-state index in [4.69, 9.17) is 4.74 Å². The summed E-state index contributed by atoms with van der Waals surface area (Å²) in [5.74, 6) is 0.298. The Morgan fingerprint density at radius 2 is 1.94 bits per heavy atom. The number of hydrogen-bond acceptors (Lipinski definition) is 2. The van der Waals surface area contributed by atoms with E-state index in [1.165, 1.54) is 31.8 Å². The third kappa shape index (κ3) is 7.63. The van der Waals surface area contributed by atoms with Gasteiger partial charge in [0.05, 0.1) is 0 Å². The molecule has 2 heteroatoms. The van der Waals surface area contributed by atoms with Gasteiger partial charge in [0.25, 0.3) is 0 Å². The predicted molar refractivity (Wildman–Crippen MR) is 68.6 cm³/mol. The highest BCUT2D eigenvalue weighted by Crippen LogP contribution is 2.16. The Kier molecular flexibility index (Phi) is 10.4. The van der Waals surface area contributed by atoms with Crippen LogP contribution in [0.2, 0.25) is 0 Å². The number of unbranched alkanes of at least 4 members (excludes halogenated alkanes) is 4. The quantitative estimate of drug-likeness (QED) is 0.396. The summed E-state index contributed by atoms with van der Waals surface area (Å²) in [4.78, 5) is 11.6. The maximum Gasteiger partial charge on any atom is 0.158 e. The molecule has 2 nitrogen and oxygen atoms in total. The molecule has 0 saturated carbocycles. The molecule has 0 aromatic heterocycles. The summed E-state index contributed by atoms with van der Waals surface area (Å²) in [5.41, 5.74) is 0. The summed E-state index contributed by atoms with van der Waals surface area (Å²) in [6, 6.07) is 0. The highest BCUT2D eigenvalue weighted by atomic mass is 16.5. The van der Waals surface area contributed by atoms with E-state index in [1.807, 2.05) is 0 Å². The first-order valence-electron chi connectivity index (χ1n) is 6.41. The lowest BCUT2D eigenvalue weighted by Gasteiger charge is -2.13. The Morgan fingerprint density at radius 3 is 2.50 bits per heavy atom. The van der Waals surface area contributed by atoms with Gasteiger partial charge >= 0.3 is 0 Å². The molecule has 1 atom stereocenters. The molecule has 0 N–H and O–H groups in total. The molecule has 0 aliphatic rings. The number of ketones is 1. The first-order chi connectivity index (χ1) is 7.76. The van der Waals surface area contributed by atoms with Crippen LogP contribution in [0.1, 0.15) is 51.9 Å². The fourth-order valence-corrected chi connectivity index (χ4v) is 1.85. The largest absolute Gasteiger partial charge is 0.385 e. The van der Waals surface area contributed by atoms with Crippen molar-refractivity contribution in [3.05, 3.63) is 12.7 Å². The van der Waals surface area contributed by atoms with Crippen LogP contribution in [0.15, 0.2) is 12.7 Å². The number of hydrogen-bond donors (Lipinski definition) is 0. The molecule has 0 aliphatic carbocycles. The fraction of sp³-hybridized carbons (Fsp3) is 0.786. The zero-order chi connectivity index (χ0) is 12.2. The molecule has 0 amide bonds. The van der Waals surface area contributed by atoms with Crippen LogP contribution in [0, 0.1) is 5.92 Å². The Morgan fingerprint density at radius 1 is 1.25 bits per heavy atom. The van der Waals surface area contributed by atoms with Crippen LogP contribution in [0.4, 0.5) is 0 Å². The molecule has 1 unspecified atom stereocenters. The molecule has 94 valence electrons. The zero-order valence-electron chi connectivity index (χ0n) is 10.8. The van der Waals surface area contributed by atoms with Gasteiger partial charge in [0.2, 0.25) is 0 Å². The smallest absolute Gasteiger partial charge is 0.158 e. The first-order valence-corrected chi connectivity index (χ1v) is 6.41. The summed E-state index contributed by atoms with van der Waals surface area (Å²) >= 11 is 0. The van der Waals surface area contributed by atoms with Crippen molar-refractivity contribution in [2.75, 3.05) is 13.7 Å². The lowest BCUT2D eigenvalue weighted by Crippen LogP contribution is -2.14. The Hall–Kier alpha value is -0.630. The van der Waals surface area contributed by atoms with Crippen LogP contribution in [-0.4, -0.2) is 19.5 Å². The minimum absolute atomic E-state index is 0.124. The Bertz CT molecular complexity index is 187. The van der Waals surface area contributed by atoms with Gasteiger partial charge in [-0.1, -0.05) is 45.6 Å². The second-order valence-corrected chi connectivity index (χ2v) is 4.29. The molecule has 0 fully saturated rings. The molecule has 0 bridgehead atoms. The van der Waals surface area contributed by atoms with Crippen molar-refractivity contribution in [1.82, 2.24) is 0 Å². The van der Waals surface area contributed by atoms with Crippen molar-refractivity contribution in [3.63, 3.8) is 0 Å². The second kappa shape index (κ2) is 10.9. The fourth-order valence-electron chi connectivity index (χ4n) is 1.85. The van der Waals surface area contributed by atoms with E-state index < -0.39 is 0 Å². The van der Waals surface area contributed by atoms with Crippen molar-refractivity contribution in [3.8, 4) is 0 Å². The van der Waals surface area contributed by atoms with Gasteiger partial charge in [-0.25, -0.2) is 0 Å². The van der Waals surface area contributed by atoms with Crippen LogP contribution in [0.5, 0.6) is 0 Å². The number of methoxy groups -OCH3 is 1. The molecule has 0 aromatic carbocycles. The minimum Gasteiger partial charge on any atom is -0.385 e. The van der Waals surface area contributed by atoms with Gasteiger partial charge in [-0.05, 0) is 18.9 Å². The Labute approximate surface area is 100 Å². The maximum atomic E-state index is 11.6. The molecular formula is C14H26O2. The number of carbonyl (C=O) groups is 1. The van der Waals surface area contributed by atoms with Gasteiger partial charge in [0.1, 0.15) is 0 Å². The molecule has 0 spiro atoms. The minimum atomic E-state index is 0.124. The summed E-state index contributed by atoms with van der Waals surface area (Å²) in [5, 5.41) is 0. The normalized spacial score (nSPS) is 12.4. The van der Waals surface area contributed by atoms with Gasteiger partial charge in [0, 0.05) is 19.6 Å². The number of rotatable bonds is 11. The molecule has 0 radical (unpaired) electrons. The van der Waals surface area contributed by atoms with Crippen molar-refractivity contribution in [1.29, 1.82) is 0 Å². The van der Waals surface area contributed by atoms with Crippen molar-refractivity contribution in [2.45, 2.75) is 51.9 Å². The molecule has 0 aromatic rings. The Balaban J connectivity index is 3.73. The monoisotopic (exact) mass is 226 g/mol. The van der Waals surface area contributed by atoms with E-state index in [-0.39, 0.29) is 11.7 Å². The summed E-state index contributed by atoms with van der Waals surface area (Å²) in [6.07, 6.45) is 9.50. The third-order valence-electron chi connectivity index (χ3n) is 2.93. The zero-order valence-corrected chi connectivity index (χ0v) is 10.8. The van der Waals surface area contributed by atoms with Gasteiger partial charge in [-0.2, -0.15) is 0 Å². The lowest BCUT2D eigenvalue weighted by molar-refractivity contribution is -0.119. The van der Waals surface area contributed by atoms with Crippen molar-refractivity contribution in [2.24, 2.45) is 5.92 Å². The first kappa shape index (κ1) is 15.4. The molecule has 0 aliphatic heterocycles. The van der Waals surface area contributed by atoms with E-state index in [9.17, 15) is 4.79 Å². The SMILES string of the molecule is C=CC(=O)C(CCCCCCC)CCOC. The molecule has 0 saturated heterocycles. The number of ether oxygens (including phenoxy) is 1. The second-order valence-electron chi connectivity index (χ2n) is 4.29. The molecule has 0 rings (SSSR count). The van der Waals surface area contributed by atoms with E-state index in [2.05, 4.69) is 13.5 Å². The third-order valence-corrected chi connectivity index (χ3v) is 2.93. The summed E-state index contributed by atoms with van der Waals surface area (Å²) < 4.78 is 5.03. The average molecular weight is 226 g/mol. The molecule has 0 heterocycles. The highest BCUT2D eigenvalue weighted by molar-refractivity contribution is 5.91. The number of carbonyl (C=O) groups excluding carboxylic acids is 1. The van der Waals surface area contributed by atoms with Crippen LogP contribution < -0.4 is 0 Å². The summed E-state index contributed by atoms with van der Waals surface area (Å²) in [7, 11) is 1.68. The van der Waals surface area contributed by atoms with Gasteiger partial charge in [-0.3, -0.25) is 4.79 Å². The van der Waals surface area contributed by atoms with Crippen LogP contribution in [0.3, 0.4) is 0 Å². The van der Waals surface area contributed by atoms with Crippen LogP contribution >= 0.6 is 0 Å². The van der Waals surface area contributed by atoms with Gasteiger partial charge in [0.15, 0.2) is 5.78 Å². The van der Waals surface area contributed by atoms with E-state index in [0.29, 0.717) is 6.61 Å². The van der Waals surface area contributed by atoms with Gasteiger partial charge < -0.3 is 4.74 Å². The van der Waals surface area contributed by atoms with Gasteiger partial charge in [-0.15, -0.1) is 0 Å². The predicted octanol–water partition coefficient (Wildman–Crippen LogP) is 3.75. The van der Waals surface area contributed by atoms with Crippen molar-refractivity contribution >= 4 is 5.78 Å². The summed E-state index contributed by atoms with van der Waals surface area (Å²) in [6.45, 7) is 6.43. The lowest BCUT2D eigenvalue weighted by atomic mass is 9.93. The van der Waals surface area contributed by atoms with E-state index in [0.717, 1.165) is 19.3 Å². The van der Waals surface area contributed by atoms with E-state index >= 15 is 0 Å². The van der Waals surface area contributed by atoms with Crippen LogP contribution in [0.25, 0.3) is 0 Å². The molecular weight excluding hydrogens is 200 g/mol. The standard InChI is InChI=1S/C14H26O2/c1-4-6-7-8-9-10-13(11-12-16-3)14(15)5-2/h5,13H,2,4,6-12H2,1,3H3. The van der Waals surface area contributed by atoms with Crippen molar-refractivity contribution < 1.29 is 9.53 Å². The maximum absolute atomic E-state index is 11.6.